The zero-order valence-electron chi connectivity index (χ0n) is 11.4. The molecule has 2 rings (SSSR count). The normalized spacial score (nSPS) is 10.5. The van der Waals surface area contributed by atoms with E-state index in [0.29, 0.717) is 5.88 Å². The molecule has 0 bridgehead atoms. The summed E-state index contributed by atoms with van der Waals surface area (Å²) in [4.78, 5) is 8.72. The third-order valence-corrected chi connectivity index (χ3v) is 3.14. The minimum atomic E-state index is 0.378. The molecule has 0 spiro atoms. The van der Waals surface area contributed by atoms with Crippen LogP contribution in [0.1, 0.15) is 29.6 Å². The number of rotatable bonds is 4. The molecule has 0 aromatic carbocycles. The highest BCUT2D eigenvalue weighted by atomic mass is 35.5. The summed E-state index contributed by atoms with van der Waals surface area (Å²) in [6.45, 7) is 5.97. The topological polar surface area (TPSA) is 35.0 Å². The smallest absolute Gasteiger partial charge is 0.148 e. The molecule has 100 valence electrons. The first-order valence-electron chi connectivity index (χ1n) is 6.30. The van der Waals surface area contributed by atoms with Gasteiger partial charge >= 0.3 is 0 Å². The van der Waals surface area contributed by atoms with Crippen LogP contribution in [0.25, 0.3) is 0 Å². The number of nitrogens with zero attached hydrogens (tertiary/aromatic N) is 2. The zero-order valence-corrected chi connectivity index (χ0v) is 12.2. The summed E-state index contributed by atoms with van der Waals surface area (Å²) in [5.41, 5.74) is 3.74. The van der Waals surface area contributed by atoms with E-state index in [1.54, 1.807) is 6.20 Å². The minimum Gasteiger partial charge on any atom is -0.455 e. The maximum atomic E-state index is 5.97. The molecule has 0 saturated carbocycles. The molecule has 0 saturated heterocycles. The lowest BCUT2D eigenvalue weighted by atomic mass is 10.2. The van der Waals surface area contributed by atoms with E-state index in [1.165, 1.54) is 0 Å². The van der Waals surface area contributed by atoms with Gasteiger partial charge in [-0.15, -0.1) is 11.6 Å². The van der Waals surface area contributed by atoms with Gasteiger partial charge in [-0.1, -0.05) is 6.92 Å². The lowest BCUT2D eigenvalue weighted by Crippen LogP contribution is -1.98. The van der Waals surface area contributed by atoms with Gasteiger partial charge in [0.2, 0.25) is 0 Å². The van der Waals surface area contributed by atoms with Crippen molar-refractivity contribution in [3.63, 3.8) is 0 Å². The standard InChI is InChI=1S/C15H17ClN2O/c1-4-13-14(6-5-10(2)18-13)19-15-7-11(3)17-9-12(15)8-16/h5-7,9H,4,8H2,1-3H3. The van der Waals surface area contributed by atoms with Crippen molar-refractivity contribution in [1.29, 1.82) is 0 Å². The van der Waals surface area contributed by atoms with Crippen LogP contribution < -0.4 is 4.74 Å². The molecular weight excluding hydrogens is 260 g/mol. The fourth-order valence-corrected chi connectivity index (χ4v) is 2.02. The highest BCUT2D eigenvalue weighted by Crippen LogP contribution is 2.29. The van der Waals surface area contributed by atoms with E-state index in [1.807, 2.05) is 32.0 Å². The van der Waals surface area contributed by atoms with Crippen LogP contribution in [0, 0.1) is 13.8 Å². The summed E-state index contributed by atoms with van der Waals surface area (Å²) in [5.74, 6) is 1.91. The molecule has 0 N–H and O–H groups in total. The molecule has 0 aliphatic carbocycles. The summed E-state index contributed by atoms with van der Waals surface area (Å²) in [5, 5.41) is 0. The predicted molar refractivity (Wildman–Crippen MR) is 77.0 cm³/mol. The van der Waals surface area contributed by atoms with Gasteiger partial charge in [0.1, 0.15) is 11.5 Å². The van der Waals surface area contributed by atoms with Gasteiger partial charge in [0.25, 0.3) is 0 Å². The number of hydrogen-bond acceptors (Lipinski definition) is 3. The van der Waals surface area contributed by atoms with Crippen LogP contribution in [0.3, 0.4) is 0 Å². The van der Waals surface area contributed by atoms with Gasteiger partial charge < -0.3 is 4.74 Å². The first-order chi connectivity index (χ1) is 9.13. The largest absolute Gasteiger partial charge is 0.455 e. The van der Waals surface area contributed by atoms with Crippen LogP contribution in [0.2, 0.25) is 0 Å². The number of aryl methyl sites for hydroxylation is 3. The van der Waals surface area contributed by atoms with Gasteiger partial charge in [-0.3, -0.25) is 9.97 Å². The van der Waals surface area contributed by atoms with Gasteiger partial charge in [0, 0.05) is 29.2 Å². The number of pyridine rings is 2. The Labute approximate surface area is 118 Å². The fraction of sp³-hybridized carbons (Fsp3) is 0.333. The van der Waals surface area contributed by atoms with Gasteiger partial charge in [-0.05, 0) is 32.4 Å². The summed E-state index contributed by atoms with van der Waals surface area (Å²) in [6, 6.07) is 5.80. The van der Waals surface area contributed by atoms with E-state index >= 15 is 0 Å². The Bertz CT molecular complexity index is 584. The first kappa shape index (κ1) is 13.8. The maximum absolute atomic E-state index is 5.97. The zero-order chi connectivity index (χ0) is 13.8. The SMILES string of the molecule is CCc1nc(C)ccc1Oc1cc(C)ncc1CCl. The average Bonchev–Trinajstić information content (AvgIpc) is 2.41. The molecule has 4 heteroatoms. The highest BCUT2D eigenvalue weighted by Gasteiger charge is 2.09. The molecule has 0 fully saturated rings. The second-order valence-corrected chi connectivity index (χ2v) is 4.69. The van der Waals surface area contributed by atoms with Crippen molar-refractivity contribution in [3.8, 4) is 11.5 Å². The number of hydrogen-bond donors (Lipinski definition) is 0. The van der Waals surface area contributed by atoms with Crippen LogP contribution in [0.15, 0.2) is 24.4 Å². The summed E-state index contributed by atoms with van der Waals surface area (Å²) < 4.78 is 5.97. The average molecular weight is 277 g/mol. The molecule has 0 aliphatic heterocycles. The second kappa shape index (κ2) is 6.02. The Balaban J connectivity index is 2.38. The fourth-order valence-electron chi connectivity index (χ4n) is 1.82. The van der Waals surface area contributed by atoms with E-state index in [4.69, 9.17) is 16.3 Å². The second-order valence-electron chi connectivity index (χ2n) is 4.42. The molecule has 3 nitrogen and oxygen atoms in total. The summed E-state index contributed by atoms with van der Waals surface area (Å²) in [7, 11) is 0. The Hall–Kier alpha value is -1.61. The van der Waals surface area contributed by atoms with E-state index in [0.717, 1.165) is 40.6 Å². The number of ether oxygens (including phenoxy) is 1. The van der Waals surface area contributed by atoms with Crippen molar-refractivity contribution in [2.75, 3.05) is 0 Å². The molecule has 0 unspecified atom stereocenters. The molecule has 0 atom stereocenters. The van der Waals surface area contributed by atoms with Crippen LogP contribution in [0.5, 0.6) is 11.5 Å². The van der Waals surface area contributed by atoms with Crippen molar-refractivity contribution in [3.05, 3.63) is 47.0 Å². The van der Waals surface area contributed by atoms with Crippen molar-refractivity contribution in [1.82, 2.24) is 9.97 Å². The quantitative estimate of drug-likeness (QED) is 0.786. The van der Waals surface area contributed by atoms with Crippen LogP contribution in [-0.2, 0) is 12.3 Å². The molecule has 0 aliphatic rings. The monoisotopic (exact) mass is 276 g/mol. The molecular formula is C15H17ClN2O. The van der Waals surface area contributed by atoms with Gasteiger partial charge in [0.15, 0.2) is 0 Å². The number of alkyl halides is 1. The Morgan fingerprint density at radius 1 is 1.16 bits per heavy atom. The van der Waals surface area contributed by atoms with Gasteiger partial charge in [-0.2, -0.15) is 0 Å². The third kappa shape index (κ3) is 3.24. The lowest BCUT2D eigenvalue weighted by Gasteiger charge is -2.13. The minimum absolute atomic E-state index is 0.378. The molecule has 19 heavy (non-hydrogen) atoms. The van der Waals surface area contributed by atoms with E-state index in [-0.39, 0.29) is 0 Å². The molecule has 2 heterocycles. The third-order valence-electron chi connectivity index (χ3n) is 2.85. The van der Waals surface area contributed by atoms with E-state index in [9.17, 15) is 0 Å². The summed E-state index contributed by atoms with van der Waals surface area (Å²) in [6.07, 6.45) is 2.59. The predicted octanol–water partition coefficient (Wildman–Crippen LogP) is 4.19. The Morgan fingerprint density at radius 2 is 1.95 bits per heavy atom. The van der Waals surface area contributed by atoms with Crippen LogP contribution in [0.4, 0.5) is 0 Å². The molecule has 0 amide bonds. The van der Waals surface area contributed by atoms with Crippen molar-refractivity contribution >= 4 is 11.6 Å². The van der Waals surface area contributed by atoms with Gasteiger partial charge in [0.05, 0.1) is 11.6 Å². The van der Waals surface area contributed by atoms with E-state index < -0.39 is 0 Å². The van der Waals surface area contributed by atoms with Crippen LogP contribution in [-0.4, -0.2) is 9.97 Å². The van der Waals surface area contributed by atoms with E-state index in [2.05, 4.69) is 16.9 Å². The van der Waals surface area contributed by atoms with Gasteiger partial charge in [-0.25, -0.2) is 0 Å². The van der Waals surface area contributed by atoms with Crippen molar-refractivity contribution < 1.29 is 4.74 Å². The van der Waals surface area contributed by atoms with Crippen molar-refractivity contribution in [2.45, 2.75) is 33.1 Å². The Morgan fingerprint density at radius 3 is 2.63 bits per heavy atom. The molecule has 2 aromatic heterocycles. The van der Waals surface area contributed by atoms with Crippen LogP contribution >= 0.6 is 11.6 Å². The number of halogens is 1. The highest BCUT2D eigenvalue weighted by molar-refractivity contribution is 6.17. The molecule has 0 radical (unpaired) electrons. The van der Waals surface area contributed by atoms with Crippen molar-refractivity contribution in [2.24, 2.45) is 0 Å². The maximum Gasteiger partial charge on any atom is 0.148 e. The number of aromatic nitrogens is 2. The first-order valence-corrected chi connectivity index (χ1v) is 6.83. The lowest BCUT2D eigenvalue weighted by molar-refractivity contribution is 0.467. The molecule has 2 aromatic rings. The summed E-state index contributed by atoms with van der Waals surface area (Å²) >= 11 is 5.91. The Kier molecular flexibility index (Phi) is 4.38.